The van der Waals surface area contributed by atoms with E-state index < -0.39 is 0 Å². The van der Waals surface area contributed by atoms with E-state index in [0.29, 0.717) is 12.0 Å². The molecular weight excluding hydrogens is 262 g/mol. The van der Waals surface area contributed by atoms with Crippen molar-refractivity contribution in [2.75, 3.05) is 25.6 Å². The first-order valence-corrected chi connectivity index (χ1v) is 8.36. The van der Waals surface area contributed by atoms with Crippen molar-refractivity contribution in [3.63, 3.8) is 0 Å². The minimum absolute atomic E-state index is 0.0780. The highest BCUT2D eigenvalue weighted by Crippen LogP contribution is 2.43. The van der Waals surface area contributed by atoms with Crippen LogP contribution >= 0.6 is 11.6 Å². The summed E-state index contributed by atoms with van der Waals surface area (Å²) in [6, 6.07) is 0. The monoisotopic (exact) mass is 287 g/mol. The number of ether oxygens (including phenoxy) is 2. The quantitative estimate of drug-likeness (QED) is 0.807. The lowest BCUT2D eigenvalue weighted by molar-refractivity contribution is -0.0403. The van der Waals surface area contributed by atoms with Gasteiger partial charge in [0.25, 0.3) is 0 Å². The van der Waals surface area contributed by atoms with E-state index in [2.05, 4.69) is 5.32 Å². The fraction of sp³-hybridized carbons (Fsp3) is 1.00. The standard InChI is InChI=1S/C15H26ClNO2/c16-12-14(7-9-18-10-8-14)17-11-13-3-6-15(19-13)4-1-2-5-15/h13,17H,1-12H2. The van der Waals surface area contributed by atoms with Gasteiger partial charge >= 0.3 is 0 Å². The molecule has 0 radical (unpaired) electrons. The lowest BCUT2D eigenvalue weighted by Gasteiger charge is -2.37. The van der Waals surface area contributed by atoms with E-state index in [1.54, 1.807) is 0 Å². The van der Waals surface area contributed by atoms with Gasteiger partial charge in [0, 0.05) is 31.2 Å². The molecule has 110 valence electrons. The van der Waals surface area contributed by atoms with Gasteiger partial charge in [-0.3, -0.25) is 0 Å². The molecule has 4 heteroatoms. The lowest BCUT2D eigenvalue weighted by Crippen LogP contribution is -2.53. The van der Waals surface area contributed by atoms with Gasteiger partial charge in [0.2, 0.25) is 0 Å². The van der Waals surface area contributed by atoms with E-state index >= 15 is 0 Å². The summed E-state index contributed by atoms with van der Waals surface area (Å²) in [6.45, 7) is 2.61. The maximum Gasteiger partial charge on any atom is 0.0708 e. The van der Waals surface area contributed by atoms with Crippen LogP contribution < -0.4 is 5.32 Å². The normalized spacial score (nSPS) is 33.0. The third-order valence-electron chi connectivity index (χ3n) is 5.26. The number of rotatable bonds is 4. The van der Waals surface area contributed by atoms with Crippen molar-refractivity contribution in [3.05, 3.63) is 0 Å². The van der Waals surface area contributed by atoms with E-state index in [0.717, 1.165) is 32.6 Å². The van der Waals surface area contributed by atoms with Gasteiger partial charge in [-0.15, -0.1) is 11.6 Å². The Morgan fingerprint density at radius 3 is 2.47 bits per heavy atom. The molecule has 1 saturated carbocycles. The summed E-state index contributed by atoms with van der Waals surface area (Å²) in [5, 5.41) is 3.70. The Balaban J connectivity index is 1.49. The van der Waals surface area contributed by atoms with Crippen LogP contribution in [-0.4, -0.2) is 42.9 Å². The van der Waals surface area contributed by atoms with Crippen LogP contribution in [0.5, 0.6) is 0 Å². The Bertz CT molecular complexity index is 299. The molecule has 0 aromatic carbocycles. The van der Waals surface area contributed by atoms with Crippen LogP contribution in [0.25, 0.3) is 0 Å². The topological polar surface area (TPSA) is 30.5 Å². The summed E-state index contributed by atoms with van der Waals surface area (Å²) in [7, 11) is 0. The fourth-order valence-electron chi connectivity index (χ4n) is 3.88. The van der Waals surface area contributed by atoms with Crippen LogP contribution in [0.1, 0.15) is 51.4 Å². The van der Waals surface area contributed by atoms with Gasteiger partial charge in [-0.05, 0) is 38.5 Å². The summed E-state index contributed by atoms with van der Waals surface area (Å²) in [6.07, 6.45) is 10.2. The second-order valence-electron chi connectivity index (χ2n) is 6.58. The molecule has 2 aliphatic heterocycles. The average molecular weight is 288 g/mol. The molecule has 1 spiro atoms. The molecule has 0 aromatic rings. The Kier molecular flexibility index (Phi) is 4.37. The number of alkyl halides is 1. The molecule has 0 aromatic heterocycles. The van der Waals surface area contributed by atoms with Crippen LogP contribution in [-0.2, 0) is 9.47 Å². The molecule has 1 unspecified atom stereocenters. The maximum atomic E-state index is 6.35. The average Bonchev–Trinajstić information content (AvgIpc) is 3.08. The zero-order chi connectivity index (χ0) is 13.2. The van der Waals surface area contributed by atoms with Crippen LogP contribution in [0.3, 0.4) is 0 Å². The summed E-state index contributed by atoms with van der Waals surface area (Å²) in [5.74, 6) is 0.675. The number of halogens is 1. The highest BCUT2D eigenvalue weighted by Gasteiger charge is 2.42. The van der Waals surface area contributed by atoms with Crippen molar-refractivity contribution in [2.24, 2.45) is 0 Å². The number of nitrogens with one attached hydrogen (secondary N) is 1. The van der Waals surface area contributed by atoms with Crippen LogP contribution in [0.4, 0.5) is 0 Å². The van der Waals surface area contributed by atoms with Gasteiger partial charge in [-0.1, -0.05) is 12.8 Å². The largest absolute Gasteiger partial charge is 0.381 e. The highest BCUT2D eigenvalue weighted by molar-refractivity contribution is 6.18. The lowest BCUT2D eigenvalue weighted by atomic mass is 9.92. The van der Waals surface area contributed by atoms with Gasteiger partial charge in [0.05, 0.1) is 11.7 Å². The molecule has 0 bridgehead atoms. The number of hydrogen-bond acceptors (Lipinski definition) is 3. The van der Waals surface area contributed by atoms with Crippen molar-refractivity contribution in [2.45, 2.75) is 68.6 Å². The molecule has 19 heavy (non-hydrogen) atoms. The van der Waals surface area contributed by atoms with Crippen LogP contribution in [0, 0.1) is 0 Å². The third-order valence-corrected chi connectivity index (χ3v) is 5.78. The molecule has 1 aliphatic carbocycles. The van der Waals surface area contributed by atoms with E-state index in [1.165, 1.54) is 38.5 Å². The number of hydrogen-bond donors (Lipinski definition) is 1. The van der Waals surface area contributed by atoms with Crippen molar-refractivity contribution in [1.82, 2.24) is 5.32 Å². The zero-order valence-electron chi connectivity index (χ0n) is 11.8. The first-order chi connectivity index (χ1) is 9.26. The molecule has 0 amide bonds. The predicted molar refractivity (Wildman–Crippen MR) is 76.8 cm³/mol. The Labute approximate surface area is 121 Å². The molecule has 1 N–H and O–H groups in total. The van der Waals surface area contributed by atoms with E-state index in [9.17, 15) is 0 Å². The second-order valence-corrected chi connectivity index (χ2v) is 6.84. The first-order valence-electron chi connectivity index (χ1n) is 7.83. The molecule has 3 aliphatic rings. The van der Waals surface area contributed by atoms with E-state index in [4.69, 9.17) is 21.1 Å². The molecule has 3 nitrogen and oxygen atoms in total. The summed E-state index contributed by atoms with van der Waals surface area (Å²) >= 11 is 6.18. The SMILES string of the molecule is ClCC1(NCC2CCC3(CCCC3)O2)CCOCC1. The van der Waals surface area contributed by atoms with Gasteiger partial charge in [-0.25, -0.2) is 0 Å². The minimum Gasteiger partial charge on any atom is -0.381 e. The maximum absolute atomic E-state index is 6.35. The third kappa shape index (κ3) is 3.10. The van der Waals surface area contributed by atoms with Gasteiger partial charge < -0.3 is 14.8 Å². The molecule has 1 atom stereocenters. The fourth-order valence-corrected chi connectivity index (χ4v) is 4.24. The summed E-state index contributed by atoms with van der Waals surface area (Å²) < 4.78 is 11.8. The van der Waals surface area contributed by atoms with Crippen molar-refractivity contribution < 1.29 is 9.47 Å². The molecular formula is C15H26ClNO2. The first kappa shape index (κ1) is 14.1. The second kappa shape index (κ2) is 5.88. The summed E-state index contributed by atoms with van der Waals surface area (Å²) in [5.41, 5.74) is 0.324. The Hall–Kier alpha value is 0.170. The van der Waals surface area contributed by atoms with Gasteiger partial charge in [-0.2, -0.15) is 0 Å². The van der Waals surface area contributed by atoms with Crippen LogP contribution in [0.2, 0.25) is 0 Å². The van der Waals surface area contributed by atoms with Crippen molar-refractivity contribution >= 4 is 11.6 Å². The van der Waals surface area contributed by atoms with Gasteiger partial charge in [0.1, 0.15) is 0 Å². The van der Waals surface area contributed by atoms with Crippen molar-refractivity contribution in [3.8, 4) is 0 Å². The Morgan fingerprint density at radius 2 is 1.79 bits per heavy atom. The van der Waals surface area contributed by atoms with Crippen molar-refractivity contribution in [1.29, 1.82) is 0 Å². The molecule has 3 rings (SSSR count). The molecule has 2 heterocycles. The highest BCUT2D eigenvalue weighted by atomic mass is 35.5. The van der Waals surface area contributed by atoms with Gasteiger partial charge in [0.15, 0.2) is 0 Å². The van der Waals surface area contributed by atoms with E-state index in [-0.39, 0.29) is 11.1 Å². The smallest absolute Gasteiger partial charge is 0.0708 e. The van der Waals surface area contributed by atoms with E-state index in [1.807, 2.05) is 0 Å². The molecule has 3 fully saturated rings. The minimum atomic E-state index is 0.0780. The van der Waals surface area contributed by atoms with Crippen LogP contribution in [0.15, 0.2) is 0 Å². The zero-order valence-corrected chi connectivity index (χ0v) is 12.5. The predicted octanol–water partition coefficient (Wildman–Crippen LogP) is 2.86. The Morgan fingerprint density at radius 1 is 1.05 bits per heavy atom. The summed E-state index contributed by atoms with van der Waals surface area (Å²) in [4.78, 5) is 0. The molecule has 2 saturated heterocycles.